The SMILES string of the molecule is Cl.Cl.O=C(NCCn1ccc2ncnc(Nc3ccc(OC4=CN(Cc5ccccc5)S(Cc5ccccc5)=C4)c(Cl)c3)c21)[C@@H]1CCCN1. The van der Waals surface area contributed by atoms with E-state index in [0.717, 1.165) is 54.2 Å². The monoisotopic (exact) mass is 737 g/mol. The van der Waals surface area contributed by atoms with Crippen LogP contribution < -0.4 is 20.7 Å². The summed E-state index contributed by atoms with van der Waals surface area (Å²) in [5.74, 6) is 2.95. The highest BCUT2D eigenvalue weighted by Gasteiger charge is 2.22. The first kappa shape index (κ1) is 36.2. The van der Waals surface area contributed by atoms with Crippen molar-refractivity contribution < 1.29 is 9.53 Å². The highest BCUT2D eigenvalue weighted by atomic mass is 35.5. The Morgan fingerprint density at radius 2 is 1.78 bits per heavy atom. The maximum atomic E-state index is 12.4. The number of benzene rings is 3. The summed E-state index contributed by atoms with van der Waals surface area (Å²) in [7, 11) is -0.183. The average Bonchev–Trinajstić information content (AvgIpc) is 3.85. The molecule has 0 spiro atoms. The molecule has 0 radical (unpaired) electrons. The second-order valence-electron chi connectivity index (χ2n) is 11.5. The molecule has 9 nitrogen and oxygen atoms in total. The van der Waals surface area contributed by atoms with Gasteiger partial charge in [0.05, 0.1) is 29.3 Å². The molecule has 3 aromatic carbocycles. The molecule has 5 aromatic rings. The number of nitrogens with zero attached hydrogens (tertiary/aromatic N) is 4. The summed E-state index contributed by atoms with van der Waals surface area (Å²) in [6.07, 6.45) is 7.50. The number of anilines is 2. The van der Waals surface area contributed by atoms with Crippen LogP contribution in [-0.4, -0.2) is 49.2 Å². The molecule has 3 N–H and O–H groups in total. The summed E-state index contributed by atoms with van der Waals surface area (Å²) >= 11 is 6.79. The lowest BCUT2D eigenvalue weighted by atomic mass is 10.2. The zero-order valence-electron chi connectivity index (χ0n) is 26.6. The topological polar surface area (TPSA) is 96.3 Å². The lowest BCUT2D eigenvalue weighted by Gasteiger charge is -2.21. The lowest BCUT2D eigenvalue weighted by molar-refractivity contribution is -0.122. The molecule has 2 aromatic heterocycles. The number of halogens is 3. The predicted molar refractivity (Wildman–Crippen MR) is 205 cm³/mol. The minimum Gasteiger partial charge on any atom is -0.454 e. The molecule has 2 aliphatic rings. The van der Waals surface area contributed by atoms with Crippen molar-refractivity contribution in [2.75, 3.05) is 18.4 Å². The van der Waals surface area contributed by atoms with E-state index in [4.69, 9.17) is 16.3 Å². The van der Waals surface area contributed by atoms with E-state index >= 15 is 0 Å². The maximum Gasteiger partial charge on any atom is 0.237 e. The van der Waals surface area contributed by atoms with Crippen LogP contribution in [0.3, 0.4) is 0 Å². The summed E-state index contributed by atoms with van der Waals surface area (Å²) in [6, 6.07) is 28.5. The van der Waals surface area contributed by atoms with Crippen molar-refractivity contribution in [3.05, 3.63) is 126 Å². The number of hydrogen-bond acceptors (Lipinski definition) is 7. The summed E-state index contributed by atoms with van der Waals surface area (Å²) < 4.78 is 10.8. The van der Waals surface area contributed by atoms with Crippen LogP contribution in [0.5, 0.6) is 5.75 Å². The van der Waals surface area contributed by atoms with Gasteiger partial charge in [0.2, 0.25) is 5.91 Å². The number of allylic oxidation sites excluding steroid dienone is 1. The summed E-state index contributed by atoms with van der Waals surface area (Å²) in [6.45, 7) is 2.78. The molecule has 49 heavy (non-hydrogen) atoms. The standard InChI is InChI=1S/C36H36ClN7O2S.2ClH/c37-30-20-28(42-35-34-31(40-25-41-35)15-18-43(34)19-17-39-36(45)32-12-7-16-38-32)13-14-33(30)46-29-22-44(21-26-8-3-1-4-9-26)47(24-29)23-27-10-5-2-6-11-27;;/h1-6,8-11,13-15,18,20,22,24-25,32,38H,7,12,16-17,19,21,23H2,(H,39,45)(H,40,41,42);2*1H/t32-,47?;;/m0../s1. The van der Waals surface area contributed by atoms with Gasteiger partial charge in [-0.2, -0.15) is 0 Å². The highest BCUT2D eigenvalue weighted by molar-refractivity contribution is 8.12. The molecule has 2 atom stereocenters. The molecule has 4 heterocycles. The first-order chi connectivity index (χ1) is 23.1. The summed E-state index contributed by atoms with van der Waals surface area (Å²) in [5, 5.41) is 12.4. The van der Waals surface area contributed by atoms with Crippen molar-refractivity contribution >= 4 is 80.9 Å². The van der Waals surface area contributed by atoms with Crippen molar-refractivity contribution in [1.82, 2.24) is 29.5 Å². The molecule has 0 saturated carbocycles. The van der Waals surface area contributed by atoms with Crippen LogP contribution in [0.25, 0.3) is 11.0 Å². The molecule has 256 valence electrons. The van der Waals surface area contributed by atoms with Gasteiger partial charge < -0.3 is 29.6 Å². The molecule has 1 fully saturated rings. The molecular weight excluding hydrogens is 701 g/mol. The van der Waals surface area contributed by atoms with Crippen molar-refractivity contribution in [2.45, 2.75) is 37.7 Å². The molecule has 1 unspecified atom stereocenters. The fourth-order valence-electron chi connectivity index (χ4n) is 5.82. The van der Waals surface area contributed by atoms with Crippen LogP contribution in [0.4, 0.5) is 11.5 Å². The van der Waals surface area contributed by atoms with Crippen LogP contribution in [0.15, 0.2) is 109 Å². The lowest BCUT2D eigenvalue weighted by Crippen LogP contribution is -2.41. The van der Waals surface area contributed by atoms with Gasteiger partial charge >= 0.3 is 0 Å². The Hall–Kier alpha value is -4.06. The fraction of sp³-hybridized carbons (Fsp3) is 0.222. The number of hydrogen-bond donors (Lipinski definition) is 3. The number of carbonyl (C=O) groups is 1. The number of fused-ring (bicyclic) bond motifs is 1. The van der Waals surface area contributed by atoms with Gasteiger partial charge in [-0.1, -0.05) is 82.9 Å². The van der Waals surface area contributed by atoms with Crippen LogP contribution in [0, 0.1) is 0 Å². The van der Waals surface area contributed by atoms with E-state index < -0.39 is 0 Å². The minimum atomic E-state index is -0.183. The van der Waals surface area contributed by atoms with Crippen LogP contribution in [0.1, 0.15) is 24.0 Å². The second kappa shape index (κ2) is 17.0. The van der Waals surface area contributed by atoms with Gasteiger partial charge in [-0.3, -0.25) is 4.79 Å². The van der Waals surface area contributed by atoms with Crippen molar-refractivity contribution in [3.63, 3.8) is 0 Å². The Morgan fingerprint density at radius 1 is 1.00 bits per heavy atom. The Morgan fingerprint density at radius 3 is 2.51 bits per heavy atom. The van der Waals surface area contributed by atoms with Crippen molar-refractivity contribution in [1.29, 1.82) is 0 Å². The number of rotatable bonds is 12. The number of aromatic nitrogens is 3. The number of amides is 1. The van der Waals surface area contributed by atoms with Gasteiger partial charge in [-0.25, -0.2) is 9.97 Å². The quantitative estimate of drug-likeness (QED) is 0.114. The maximum absolute atomic E-state index is 12.4. The third-order valence-corrected chi connectivity index (χ3v) is 10.4. The normalized spacial score (nSPS) is 16.7. The first-order valence-electron chi connectivity index (χ1n) is 15.8. The highest BCUT2D eigenvalue weighted by Crippen LogP contribution is 2.36. The van der Waals surface area contributed by atoms with E-state index in [9.17, 15) is 4.79 Å². The van der Waals surface area contributed by atoms with Crippen LogP contribution in [0.2, 0.25) is 5.02 Å². The fourth-order valence-corrected chi connectivity index (χ4v) is 7.89. The average molecular weight is 739 g/mol. The van der Waals surface area contributed by atoms with E-state index in [1.807, 2.05) is 42.6 Å². The Kier molecular flexibility index (Phi) is 12.6. The van der Waals surface area contributed by atoms with E-state index in [-0.39, 0.29) is 47.4 Å². The minimum absolute atomic E-state index is 0. The smallest absolute Gasteiger partial charge is 0.237 e. The van der Waals surface area contributed by atoms with Gasteiger partial charge in [0.25, 0.3) is 0 Å². The van der Waals surface area contributed by atoms with E-state index in [0.29, 0.717) is 29.7 Å². The molecule has 1 amide bonds. The number of carbonyl (C=O) groups excluding carboxylic acids is 1. The van der Waals surface area contributed by atoms with Crippen molar-refractivity contribution in [2.24, 2.45) is 0 Å². The molecule has 7 rings (SSSR count). The largest absolute Gasteiger partial charge is 0.454 e. The van der Waals surface area contributed by atoms with Crippen LogP contribution >= 0.6 is 47.1 Å². The van der Waals surface area contributed by atoms with Gasteiger partial charge in [-0.15, -0.1) is 24.8 Å². The third-order valence-electron chi connectivity index (χ3n) is 8.16. The second-order valence-corrected chi connectivity index (χ2v) is 13.7. The summed E-state index contributed by atoms with van der Waals surface area (Å²) in [5.41, 5.74) is 4.96. The van der Waals surface area contributed by atoms with Gasteiger partial charge in [0.1, 0.15) is 17.6 Å². The third kappa shape index (κ3) is 8.95. The first-order valence-corrected chi connectivity index (χ1v) is 17.5. The zero-order valence-corrected chi connectivity index (χ0v) is 29.8. The molecule has 0 bridgehead atoms. The molecule has 2 aliphatic heterocycles. The van der Waals surface area contributed by atoms with E-state index in [2.05, 4.69) is 94.9 Å². The van der Waals surface area contributed by atoms with Gasteiger partial charge in [0, 0.05) is 36.1 Å². The van der Waals surface area contributed by atoms with Crippen molar-refractivity contribution in [3.8, 4) is 5.75 Å². The predicted octanol–water partition coefficient (Wildman–Crippen LogP) is 7.46. The number of ether oxygens (including phenoxy) is 1. The Labute approximate surface area is 306 Å². The van der Waals surface area contributed by atoms with E-state index in [1.54, 1.807) is 0 Å². The molecule has 0 aliphatic carbocycles. The summed E-state index contributed by atoms with van der Waals surface area (Å²) in [4.78, 5) is 21.4. The molecule has 13 heteroatoms. The Bertz CT molecular complexity index is 1930. The zero-order chi connectivity index (χ0) is 32.0. The Balaban J connectivity index is 0.00000234. The van der Waals surface area contributed by atoms with Gasteiger partial charge in [-0.05, 0) is 54.8 Å². The number of nitrogens with one attached hydrogen (secondary N) is 3. The van der Waals surface area contributed by atoms with E-state index in [1.165, 1.54) is 17.5 Å². The van der Waals surface area contributed by atoms with Gasteiger partial charge in [0.15, 0.2) is 11.6 Å². The molecular formula is C36H38Cl3N7O2S. The molecule has 1 saturated heterocycles. The van der Waals surface area contributed by atoms with Crippen LogP contribution in [-0.2, 0) is 23.6 Å².